The Hall–Kier alpha value is -4.58. The number of aromatic nitrogens is 3. The maximum Gasteiger partial charge on any atom is 0.322 e. The van der Waals surface area contributed by atoms with Crippen LogP contribution in [-0.4, -0.2) is 66.0 Å². The van der Waals surface area contributed by atoms with Gasteiger partial charge >= 0.3 is 12.0 Å². The van der Waals surface area contributed by atoms with Crippen molar-refractivity contribution in [2.45, 2.75) is 34.6 Å². The number of urea groups is 1. The van der Waals surface area contributed by atoms with Gasteiger partial charge in [0.15, 0.2) is 0 Å². The van der Waals surface area contributed by atoms with Crippen LogP contribution in [0.1, 0.15) is 13.8 Å². The number of ether oxygens (including phenoxy) is 1. The van der Waals surface area contributed by atoms with Crippen molar-refractivity contribution in [1.82, 2.24) is 15.0 Å². The van der Waals surface area contributed by atoms with E-state index in [0.717, 1.165) is 6.07 Å². The van der Waals surface area contributed by atoms with Gasteiger partial charge in [0.2, 0.25) is 11.2 Å². The number of carbonyl (C=O) groups excluding carboxylic acids is 1. The minimum absolute atomic E-state index is 0.0456. The van der Waals surface area contributed by atoms with Gasteiger partial charge in [-0.25, -0.2) is 4.79 Å². The van der Waals surface area contributed by atoms with Crippen molar-refractivity contribution in [2.75, 3.05) is 10.6 Å². The number of primary amides is 1. The molecule has 0 atom stereocenters. The monoisotopic (exact) mass is 716 g/mol. The number of rotatable bonds is 10. The molecule has 7 N–H and O–H groups in total. The third-order valence-corrected chi connectivity index (χ3v) is 8.30. The lowest BCUT2D eigenvalue weighted by Gasteiger charge is -2.12. The van der Waals surface area contributed by atoms with E-state index in [0.29, 0.717) is 18.2 Å². The number of nitrogens with two attached hydrogens (primary N) is 1. The summed E-state index contributed by atoms with van der Waals surface area (Å²) in [6, 6.07) is 5.42. The van der Waals surface area contributed by atoms with Crippen LogP contribution in [0.5, 0.6) is 6.01 Å². The zero-order valence-corrected chi connectivity index (χ0v) is 26.3. The molecule has 0 radical (unpaired) electrons. The summed E-state index contributed by atoms with van der Waals surface area (Å²) in [5.41, 5.74) is 4.61. The molecule has 0 bridgehead atoms. The molecule has 4 rings (SSSR count). The quantitative estimate of drug-likeness (QED) is 0.100. The average Bonchev–Trinajstić information content (AvgIpc) is 2.89. The molecule has 0 fully saturated rings. The first kappa shape index (κ1) is 34.3. The Bertz CT molecular complexity index is 2250. The van der Waals surface area contributed by atoms with Crippen molar-refractivity contribution in [2.24, 2.45) is 16.0 Å². The van der Waals surface area contributed by atoms with Crippen molar-refractivity contribution in [3.05, 3.63) is 47.7 Å². The number of carbonyl (C=O) groups is 1. The highest BCUT2D eigenvalue weighted by atomic mass is 35.5. The van der Waals surface area contributed by atoms with E-state index in [4.69, 9.17) is 22.1 Å². The fourth-order valence-electron chi connectivity index (χ4n) is 3.79. The predicted molar refractivity (Wildman–Crippen MR) is 161 cm³/mol. The van der Waals surface area contributed by atoms with Crippen LogP contribution in [0, 0.1) is 0 Å². The van der Waals surface area contributed by atoms with Gasteiger partial charge in [0, 0.05) is 11.1 Å². The molecule has 0 unspecified atom stereocenters. The molecule has 4 aromatic rings. The molecular formula is C23H21ClN8O11S3. The van der Waals surface area contributed by atoms with Gasteiger partial charge in [-0.05, 0) is 73.3 Å². The topological polar surface area (TPSA) is 303 Å². The molecule has 23 heteroatoms. The molecule has 0 spiro atoms. The SMILES string of the molecule is CC(C)Oc1nc(Cl)nc(Nc2ccc(N=Nc3cc4c(S(=O)(=O)O)cc(S(=O)(=O)O)cc4cc3S(=O)(=O)O)c(NC(N)=O)c2)n1. The Morgan fingerprint density at radius 3 is 2.11 bits per heavy atom. The van der Waals surface area contributed by atoms with Gasteiger partial charge in [-0.3, -0.25) is 13.7 Å². The number of nitrogens with one attached hydrogen (secondary N) is 2. The second-order valence-corrected chi connectivity index (χ2v) is 13.9. The number of anilines is 3. The summed E-state index contributed by atoms with van der Waals surface area (Å²) in [5.74, 6) is -0.0456. The first-order valence-corrected chi connectivity index (χ1v) is 16.9. The Balaban J connectivity index is 1.84. The molecule has 0 aliphatic heterocycles. The number of fused-ring (bicyclic) bond motifs is 1. The molecule has 0 aliphatic carbocycles. The second kappa shape index (κ2) is 12.7. The van der Waals surface area contributed by atoms with Crippen molar-refractivity contribution in [3.8, 4) is 6.01 Å². The highest BCUT2D eigenvalue weighted by Gasteiger charge is 2.24. The van der Waals surface area contributed by atoms with E-state index in [9.17, 15) is 43.7 Å². The van der Waals surface area contributed by atoms with Crippen molar-refractivity contribution >= 4 is 87.5 Å². The van der Waals surface area contributed by atoms with E-state index < -0.39 is 67.5 Å². The third kappa shape index (κ3) is 8.36. The molecule has 19 nitrogen and oxygen atoms in total. The lowest BCUT2D eigenvalue weighted by atomic mass is 10.1. The van der Waals surface area contributed by atoms with E-state index >= 15 is 0 Å². The van der Waals surface area contributed by atoms with E-state index in [1.807, 2.05) is 0 Å². The largest absolute Gasteiger partial charge is 0.461 e. The fourth-order valence-corrected chi connectivity index (χ4v) is 5.93. The predicted octanol–water partition coefficient (Wildman–Crippen LogP) is 3.86. The van der Waals surface area contributed by atoms with Crippen LogP contribution in [0.25, 0.3) is 10.8 Å². The Morgan fingerprint density at radius 2 is 1.52 bits per heavy atom. The molecule has 46 heavy (non-hydrogen) atoms. The summed E-state index contributed by atoms with van der Waals surface area (Å²) < 4.78 is 106. The van der Waals surface area contributed by atoms with Gasteiger partial charge in [0.1, 0.15) is 21.2 Å². The van der Waals surface area contributed by atoms with Gasteiger partial charge in [0.25, 0.3) is 30.4 Å². The molecule has 1 aromatic heterocycles. The smallest absolute Gasteiger partial charge is 0.322 e. The fraction of sp³-hybridized carbons (Fsp3) is 0.130. The minimum Gasteiger partial charge on any atom is -0.461 e. The Labute approximate surface area is 265 Å². The number of hydrogen-bond donors (Lipinski definition) is 6. The highest BCUT2D eigenvalue weighted by molar-refractivity contribution is 7.87. The third-order valence-electron chi connectivity index (χ3n) is 5.53. The van der Waals surface area contributed by atoms with Crippen LogP contribution in [0.2, 0.25) is 5.28 Å². The second-order valence-electron chi connectivity index (χ2n) is 9.31. The van der Waals surface area contributed by atoms with Crippen LogP contribution >= 0.6 is 11.6 Å². The van der Waals surface area contributed by atoms with Crippen LogP contribution < -0.4 is 21.1 Å². The molecule has 3 aromatic carbocycles. The first-order valence-electron chi connectivity index (χ1n) is 12.2. The molecular weight excluding hydrogens is 696 g/mol. The highest BCUT2D eigenvalue weighted by Crippen LogP contribution is 2.37. The molecule has 244 valence electrons. The van der Waals surface area contributed by atoms with E-state index in [2.05, 4.69) is 35.8 Å². The Kier molecular flexibility index (Phi) is 9.44. The normalized spacial score (nSPS) is 12.5. The number of benzene rings is 3. The standard InChI is InChI=1S/C23H21ClN8O11S3/c1-10(2)43-23-29-20(24)28-22(30-23)26-12-3-4-15(16(7-12)27-21(25)33)31-32-17-9-14-11(6-19(17)46(40,41)42)5-13(44(34,35)36)8-18(14)45(37,38)39/h3-10H,1-2H3,(H3,25,27,33)(H,34,35,36)(H,37,38,39)(H,40,41,42)(H,26,28,29,30). The number of hydrogen-bond acceptors (Lipinski definition) is 14. The lowest BCUT2D eigenvalue weighted by Crippen LogP contribution is -2.19. The van der Waals surface area contributed by atoms with Gasteiger partial charge in [-0.1, -0.05) is 0 Å². The number of azo groups is 1. The number of amides is 2. The van der Waals surface area contributed by atoms with Crippen molar-refractivity contribution < 1.29 is 48.4 Å². The van der Waals surface area contributed by atoms with Gasteiger partial charge in [-0.15, -0.1) is 10.2 Å². The van der Waals surface area contributed by atoms with Gasteiger partial charge < -0.3 is 21.1 Å². The maximum absolute atomic E-state index is 12.2. The number of halogens is 1. The van der Waals surface area contributed by atoms with Crippen LogP contribution in [-0.2, 0) is 30.4 Å². The number of nitrogens with zero attached hydrogens (tertiary/aromatic N) is 5. The Morgan fingerprint density at radius 1 is 0.870 bits per heavy atom. The molecule has 1 heterocycles. The minimum atomic E-state index is -5.17. The molecule has 2 amide bonds. The average molecular weight is 717 g/mol. The summed E-state index contributed by atoms with van der Waals surface area (Å²) in [6.07, 6.45) is -0.278. The van der Waals surface area contributed by atoms with E-state index in [-0.39, 0.29) is 40.4 Å². The zero-order valence-electron chi connectivity index (χ0n) is 23.1. The summed E-state index contributed by atoms with van der Waals surface area (Å²) in [6.45, 7) is 3.48. The van der Waals surface area contributed by atoms with Crippen molar-refractivity contribution in [1.29, 1.82) is 0 Å². The molecule has 0 saturated heterocycles. The van der Waals surface area contributed by atoms with E-state index in [1.165, 1.54) is 18.2 Å². The summed E-state index contributed by atoms with van der Waals surface area (Å²) in [5, 5.41) is 11.7. The maximum atomic E-state index is 12.2. The van der Waals surface area contributed by atoms with Crippen molar-refractivity contribution in [3.63, 3.8) is 0 Å². The summed E-state index contributed by atoms with van der Waals surface area (Å²) >= 11 is 5.94. The van der Waals surface area contributed by atoms with Crippen LogP contribution in [0.4, 0.5) is 33.5 Å². The van der Waals surface area contributed by atoms with E-state index in [1.54, 1.807) is 13.8 Å². The molecule has 0 aliphatic rings. The lowest BCUT2D eigenvalue weighted by molar-refractivity contribution is 0.222. The van der Waals surface area contributed by atoms with Crippen LogP contribution in [0.15, 0.2) is 67.4 Å². The zero-order chi connectivity index (χ0) is 34.2. The van der Waals surface area contributed by atoms with Gasteiger partial charge in [-0.2, -0.15) is 40.2 Å². The summed E-state index contributed by atoms with van der Waals surface area (Å²) in [7, 11) is -15.3. The molecule has 0 saturated carbocycles. The van der Waals surface area contributed by atoms with Crippen LogP contribution in [0.3, 0.4) is 0 Å². The summed E-state index contributed by atoms with van der Waals surface area (Å²) in [4.78, 5) is 20.6. The first-order chi connectivity index (χ1) is 21.2. The van der Waals surface area contributed by atoms with Gasteiger partial charge in [0.05, 0.1) is 16.7 Å².